The number of imidazole rings is 1. The van der Waals surface area contributed by atoms with Crippen molar-refractivity contribution in [2.45, 2.75) is 0 Å². The molecule has 20 heavy (non-hydrogen) atoms. The van der Waals surface area contributed by atoms with E-state index in [4.69, 9.17) is 11.6 Å². The molecule has 4 aromatic rings. The van der Waals surface area contributed by atoms with Crippen LogP contribution in [-0.2, 0) is 0 Å². The van der Waals surface area contributed by atoms with Crippen LogP contribution in [0.25, 0.3) is 33.2 Å². The van der Waals surface area contributed by atoms with E-state index in [9.17, 15) is 0 Å². The molecule has 3 nitrogen and oxygen atoms in total. The van der Waals surface area contributed by atoms with Crippen molar-refractivity contribution < 1.29 is 0 Å². The number of nitrogens with one attached hydrogen (secondary N) is 1. The standard InChI is InChI=1S/C16H10ClN3/c17-13-8-11-4-2-1-3-10(11)7-12(13)16-19-14-5-6-18-9-15(14)20-16/h1-9H,(H,19,20). The Hall–Kier alpha value is -2.39. The number of rotatable bonds is 1. The number of halogens is 1. The van der Waals surface area contributed by atoms with Gasteiger partial charge < -0.3 is 4.98 Å². The molecular formula is C16H10ClN3. The molecule has 0 unspecified atom stereocenters. The van der Waals surface area contributed by atoms with Crippen LogP contribution in [0.5, 0.6) is 0 Å². The lowest BCUT2D eigenvalue weighted by molar-refractivity contribution is 1.33. The molecule has 1 N–H and O–H groups in total. The van der Waals surface area contributed by atoms with E-state index in [1.54, 1.807) is 12.4 Å². The van der Waals surface area contributed by atoms with Crippen LogP contribution in [0, 0.1) is 0 Å². The molecule has 4 rings (SSSR count). The fraction of sp³-hybridized carbons (Fsp3) is 0. The second-order valence-electron chi connectivity index (χ2n) is 4.66. The van der Waals surface area contributed by atoms with Crippen molar-refractivity contribution in [3.8, 4) is 11.4 Å². The highest BCUT2D eigenvalue weighted by Crippen LogP contribution is 2.31. The van der Waals surface area contributed by atoms with E-state index in [0.29, 0.717) is 5.02 Å². The van der Waals surface area contributed by atoms with Gasteiger partial charge in [0.25, 0.3) is 0 Å². The number of aromatic amines is 1. The van der Waals surface area contributed by atoms with Gasteiger partial charge in [-0.05, 0) is 29.0 Å². The number of hydrogen-bond acceptors (Lipinski definition) is 2. The second kappa shape index (κ2) is 4.32. The first-order chi connectivity index (χ1) is 9.81. The third-order valence-corrected chi connectivity index (χ3v) is 3.69. The number of fused-ring (bicyclic) bond motifs is 2. The summed E-state index contributed by atoms with van der Waals surface area (Å²) in [6, 6.07) is 14.1. The monoisotopic (exact) mass is 279 g/mol. The van der Waals surface area contributed by atoms with Crippen molar-refractivity contribution in [1.82, 2.24) is 15.0 Å². The van der Waals surface area contributed by atoms with Gasteiger partial charge in [-0.1, -0.05) is 35.9 Å². The Morgan fingerprint density at radius 1 is 1.00 bits per heavy atom. The van der Waals surface area contributed by atoms with Crippen LogP contribution in [0.3, 0.4) is 0 Å². The summed E-state index contributed by atoms with van der Waals surface area (Å²) in [5, 5.41) is 2.96. The van der Waals surface area contributed by atoms with Gasteiger partial charge in [0.15, 0.2) is 0 Å². The third-order valence-electron chi connectivity index (χ3n) is 3.38. The van der Waals surface area contributed by atoms with E-state index in [0.717, 1.165) is 33.2 Å². The zero-order chi connectivity index (χ0) is 13.5. The summed E-state index contributed by atoms with van der Waals surface area (Å²) < 4.78 is 0. The van der Waals surface area contributed by atoms with E-state index >= 15 is 0 Å². The minimum atomic E-state index is 0.690. The zero-order valence-corrected chi connectivity index (χ0v) is 11.2. The maximum atomic E-state index is 6.39. The van der Waals surface area contributed by atoms with Crippen molar-refractivity contribution in [3.05, 3.63) is 59.9 Å². The normalized spacial score (nSPS) is 11.2. The number of H-pyrrole nitrogens is 1. The molecule has 0 aliphatic rings. The van der Waals surface area contributed by atoms with Gasteiger partial charge in [0.2, 0.25) is 0 Å². The van der Waals surface area contributed by atoms with Gasteiger partial charge in [-0.3, -0.25) is 4.98 Å². The van der Waals surface area contributed by atoms with Crippen molar-refractivity contribution in [2.75, 3.05) is 0 Å². The first-order valence-corrected chi connectivity index (χ1v) is 6.67. The minimum Gasteiger partial charge on any atom is -0.338 e. The predicted octanol–water partition coefficient (Wildman–Crippen LogP) is 4.43. The molecule has 4 heteroatoms. The van der Waals surface area contributed by atoms with E-state index in [2.05, 4.69) is 27.1 Å². The van der Waals surface area contributed by atoms with Crippen molar-refractivity contribution in [2.24, 2.45) is 0 Å². The minimum absolute atomic E-state index is 0.690. The number of benzene rings is 2. The summed E-state index contributed by atoms with van der Waals surface area (Å²) in [5.41, 5.74) is 2.70. The van der Waals surface area contributed by atoms with Gasteiger partial charge in [-0.25, -0.2) is 4.98 Å². The van der Waals surface area contributed by atoms with Gasteiger partial charge in [-0.2, -0.15) is 0 Å². The Morgan fingerprint density at radius 2 is 1.80 bits per heavy atom. The Kier molecular flexibility index (Phi) is 2.47. The smallest absolute Gasteiger partial charge is 0.140 e. The van der Waals surface area contributed by atoms with Gasteiger partial charge in [0.05, 0.1) is 16.7 Å². The summed E-state index contributed by atoms with van der Waals surface area (Å²) in [4.78, 5) is 11.9. The van der Waals surface area contributed by atoms with Gasteiger partial charge in [0.1, 0.15) is 11.3 Å². The van der Waals surface area contributed by atoms with E-state index < -0.39 is 0 Å². The van der Waals surface area contributed by atoms with Crippen LogP contribution in [-0.4, -0.2) is 15.0 Å². The SMILES string of the molecule is Clc1cc2ccccc2cc1-c1nc2cnccc2[nH]1. The van der Waals surface area contributed by atoms with Crippen LogP contribution in [0.15, 0.2) is 54.9 Å². The largest absolute Gasteiger partial charge is 0.338 e. The number of pyridine rings is 1. The topological polar surface area (TPSA) is 41.6 Å². The zero-order valence-electron chi connectivity index (χ0n) is 10.5. The maximum Gasteiger partial charge on any atom is 0.140 e. The number of aromatic nitrogens is 3. The first-order valence-electron chi connectivity index (χ1n) is 6.30. The molecule has 0 bridgehead atoms. The number of nitrogens with zero attached hydrogens (tertiary/aromatic N) is 2. The fourth-order valence-electron chi connectivity index (χ4n) is 2.38. The second-order valence-corrected chi connectivity index (χ2v) is 5.06. The molecule has 0 amide bonds. The van der Waals surface area contributed by atoms with E-state index in [1.807, 2.05) is 30.3 Å². The van der Waals surface area contributed by atoms with Crippen molar-refractivity contribution in [1.29, 1.82) is 0 Å². The lowest BCUT2D eigenvalue weighted by Crippen LogP contribution is -1.83. The molecule has 2 heterocycles. The highest BCUT2D eigenvalue weighted by Gasteiger charge is 2.10. The molecule has 0 radical (unpaired) electrons. The third kappa shape index (κ3) is 1.75. The van der Waals surface area contributed by atoms with Crippen LogP contribution in [0.1, 0.15) is 0 Å². The highest BCUT2D eigenvalue weighted by molar-refractivity contribution is 6.34. The average Bonchev–Trinajstić information content (AvgIpc) is 2.90. The fourth-order valence-corrected chi connectivity index (χ4v) is 2.64. The summed E-state index contributed by atoms with van der Waals surface area (Å²) in [6.45, 7) is 0. The molecular weight excluding hydrogens is 270 g/mol. The molecule has 0 spiro atoms. The Morgan fingerprint density at radius 3 is 2.60 bits per heavy atom. The van der Waals surface area contributed by atoms with E-state index in [-0.39, 0.29) is 0 Å². The summed E-state index contributed by atoms with van der Waals surface area (Å²) in [6.07, 6.45) is 3.48. The Labute approximate surface area is 120 Å². The quantitative estimate of drug-likeness (QED) is 0.560. The average molecular weight is 280 g/mol. The molecule has 0 atom stereocenters. The van der Waals surface area contributed by atoms with Gasteiger partial charge in [-0.15, -0.1) is 0 Å². The Bertz CT molecular complexity index is 894. The lowest BCUT2D eigenvalue weighted by atomic mass is 10.1. The van der Waals surface area contributed by atoms with Crippen molar-refractivity contribution in [3.63, 3.8) is 0 Å². The first kappa shape index (κ1) is 11.4. The number of hydrogen-bond donors (Lipinski definition) is 1. The summed E-state index contributed by atoms with van der Waals surface area (Å²) in [7, 11) is 0. The highest BCUT2D eigenvalue weighted by atomic mass is 35.5. The molecule has 2 aromatic heterocycles. The van der Waals surface area contributed by atoms with Gasteiger partial charge in [0, 0.05) is 11.8 Å². The van der Waals surface area contributed by atoms with Crippen LogP contribution >= 0.6 is 11.6 Å². The van der Waals surface area contributed by atoms with Crippen LogP contribution in [0.4, 0.5) is 0 Å². The summed E-state index contributed by atoms with van der Waals surface area (Å²) in [5.74, 6) is 0.767. The van der Waals surface area contributed by atoms with Crippen LogP contribution < -0.4 is 0 Å². The molecule has 0 aliphatic carbocycles. The van der Waals surface area contributed by atoms with Crippen LogP contribution in [0.2, 0.25) is 5.02 Å². The molecule has 0 aliphatic heterocycles. The predicted molar refractivity (Wildman–Crippen MR) is 81.8 cm³/mol. The molecule has 96 valence electrons. The maximum absolute atomic E-state index is 6.39. The van der Waals surface area contributed by atoms with E-state index in [1.165, 1.54) is 0 Å². The molecule has 0 fully saturated rings. The Balaban J connectivity index is 1.98. The molecule has 0 saturated heterocycles. The summed E-state index contributed by atoms with van der Waals surface area (Å²) >= 11 is 6.39. The lowest BCUT2D eigenvalue weighted by Gasteiger charge is -2.04. The molecule has 2 aromatic carbocycles. The van der Waals surface area contributed by atoms with Crippen molar-refractivity contribution >= 4 is 33.4 Å². The van der Waals surface area contributed by atoms with Gasteiger partial charge >= 0.3 is 0 Å². The molecule has 0 saturated carbocycles.